The zero-order chi connectivity index (χ0) is 12.1. The van der Waals surface area contributed by atoms with Gasteiger partial charge in [0.1, 0.15) is 0 Å². The van der Waals surface area contributed by atoms with E-state index < -0.39 is 0 Å². The number of benzene rings is 1. The molecule has 1 aromatic carbocycles. The molecule has 0 bridgehead atoms. The highest BCUT2D eigenvalue weighted by Crippen LogP contribution is 2.35. The van der Waals surface area contributed by atoms with Crippen molar-refractivity contribution in [2.45, 2.75) is 18.9 Å². The van der Waals surface area contributed by atoms with Gasteiger partial charge in [0.05, 0.1) is 6.61 Å². The van der Waals surface area contributed by atoms with E-state index in [1.54, 1.807) is 5.54 Å². The Morgan fingerprint density at radius 3 is 3.00 bits per heavy atom. The molecule has 1 aliphatic carbocycles. The normalized spacial score (nSPS) is 19.1. The summed E-state index contributed by atoms with van der Waals surface area (Å²) in [4.78, 5) is 2.28. The van der Waals surface area contributed by atoms with Crippen molar-refractivity contribution < 1.29 is 5.11 Å². The van der Waals surface area contributed by atoms with Gasteiger partial charge in [0.25, 0.3) is 0 Å². The maximum absolute atomic E-state index is 9.15. The second kappa shape index (κ2) is 6.20. The van der Waals surface area contributed by atoms with Crippen molar-refractivity contribution >= 4 is 11.6 Å². The molecule has 17 heavy (non-hydrogen) atoms. The molecular formula is C14H18ClNO. The molecule has 0 aliphatic heterocycles. The van der Waals surface area contributed by atoms with E-state index in [9.17, 15) is 0 Å². The Labute approximate surface area is 108 Å². The lowest BCUT2D eigenvalue weighted by Gasteiger charge is -2.27. The van der Waals surface area contributed by atoms with Crippen LogP contribution in [0.4, 0.5) is 0 Å². The van der Waals surface area contributed by atoms with Crippen molar-refractivity contribution in [3.63, 3.8) is 0 Å². The number of aliphatic hydroxyl groups is 1. The lowest BCUT2D eigenvalue weighted by atomic mass is 10.1. The minimum Gasteiger partial charge on any atom is -0.395 e. The average molecular weight is 252 g/mol. The van der Waals surface area contributed by atoms with Crippen molar-refractivity contribution in [3.05, 3.63) is 47.0 Å². The van der Waals surface area contributed by atoms with Crippen LogP contribution < -0.4 is 0 Å². The molecule has 3 heteroatoms. The van der Waals surface area contributed by atoms with Crippen LogP contribution >= 0.6 is 11.6 Å². The van der Waals surface area contributed by atoms with Gasteiger partial charge in [-0.1, -0.05) is 41.9 Å². The predicted molar refractivity (Wildman–Crippen MR) is 71.2 cm³/mol. The highest BCUT2D eigenvalue weighted by atomic mass is 35.5. The highest BCUT2D eigenvalue weighted by Gasteiger charge is 2.26. The number of fused-ring (bicyclic) bond motifs is 1. The van der Waals surface area contributed by atoms with Crippen molar-refractivity contribution in [1.82, 2.24) is 4.90 Å². The number of hydrogen-bond acceptors (Lipinski definition) is 2. The first-order chi connectivity index (χ1) is 8.36. The minimum absolute atomic E-state index is 0.189. The molecule has 0 radical (unpaired) electrons. The van der Waals surface area contributed by atoms with Crippen LogP contribution in [-0.4, -0.2) is 29.7 Å². The summed E-state index contributed by atoms with van der Waals surface area (Å²) in [5.74, 6) is 0. The first-order valence-electron chi connectivity index (χ1n) is 6.04. The molecule has 0 fully saturated rings. The van der Waals surface area contributed by atoms with Crippen molar-refractivity contribution in [1.29, 1.82) is 0 Å². The van der Waals surface area contributed by atoms with E-state index in [1.165, 1.54) is 11.1 Å². The number of nitrogens with zero attached hydrogens (tertiary/aromatic N) is 1. The summed E-state index contributed by atoms with van der Waals surface area (Å²) in [5, 5.41) is 9.15. The smallest absolute Gasteiger partial charge is 0.0558 e. The van der Waals surface area contributed by atoms with Crippen LogP contribution in [0.5, 0.6) is 0 Å². The fraction of sp³-hybridized carbons (Fsp3) is 0.429. The Hall–Kier alpha value is -0.830. The lowest BCUT2D eigenvalue weighted by Crippen LogP contribution is -2.30. The van der Waals surface area contributed by atoms with E-state index >= 15 is 0 Å². The topological polar surface area (TPSA) is 23.5 Å². The Bertz CT molecular complexity index is 392. The quantitative estimate of drug-likeness (QED) is 0.870. The van der Waals surface area contributed by atoms with Gasteiger partial charge in [-0.05, 0) is 24.0 Å². The summed E-state index contributed by atoms with van der Waals surface area (Å²) in [6.45, 7) is 1.68. The summed E-state index contributed by atoms with van der Waals surface area (Å²) in [6, 6.07) is 9.00. The SMILES string of the molecule is OCCN(CC=CCl)C1CCc2ccccc21. The molecule has 1 atom stereocenters. The molecule has 0 spiro atoms. The summed E-state index contributed by atoms with van der Waals surface area (Å²) in [6.07, 6.45) is 4.20. The molecule has 0 saturated carbocycles. The number of halogens is 1. The predicted octanol–water partition coefficient (Wildman–Crippen LogP) is 2.72. The third-order valence-corrected chi connectivity index (χ3v) is 3.54. The van der Waals surface area contributed by atoms with Gasteiger partial charge in [-0.3, -0.25) is 4.90 Å². The van der Waals surface area contributed by atoms with E-state index in [2.05, 4.69) is 29.2 Å². The van der Waals surface area contributed by atoms with Gasteiger partial charge in [0.15, 0.2) is 0 Å². The van der Waals surface area contributed by atoms with Gasteiger partial charge in [-0.15, -0.1) is 0 Å². The zero-order valence-electron chi connectivity index (χ0n) is 9.85. The molecule has 0 aromatic heterocycles. The van der Waals surface area contributed by atoms with Crippen molar-refractivity contribution in [2.75, 3.05) is 19.7 Å². The van der Waals surface area contributed by atoms with Gasteiger partial charge < -0.3 is 5.11 Å². The minimum atomic E-state index is 0.189. The van der Waals surface area contributed by atoms with E-state index in [1.807, 2.05) is 6.08 Å². The van der Waals surface area contributed by atoms with Crippen LogP contribution in [0, 0.1) is 0 Å². The van der Waals surface area contributed by atoms with E-state index in [0.717, 1.165) is 19.4 Å². The van der Waals surface area contributed by atoms with Crippen LogP contribution in [0.15, 0.2) is 35.9 Å². The molecule has 1 N–H and O–H groups in total. The molecular weight excluding hydrogens is 234 g/mol. The number of aryl methyl sites for hydroxylation is 1. The average Bonchev–Trinajstić information content (AvgIpc) is 2.78. The molecule has 2 nitrogen and oxygen atoms in total. The van der Waals surface area contributed by atoms with Gasteiger partial charge in [0, 0.05) is 24.7 Å². The molecule has 1 aromatic rings. The number of rotatable bonds is 5. The standard InChI is InChI=1S/C14H18ClNO/c15-8-3-9-16(10-11-17)14-7-6-12-4-1-2-5-13(12)14/h1-5,8,14,17H,6-7,9-11H2. The fourth-order valence-electron chi connectivity index (χ4n) is 2.59. The van der Waals surface area contributed by atoms with Crippen molar-refractivity contribution in [3.8, 4) is 0 Å². The largest absolute Gasteiger partial charge is 0.395 e. The van der Waals surface area contributed by atoms with Crippen LogP contribution in [0.1, 0.15) is 23.6 Å². The van der Waals surface area contributed by atoms with Crippen LogP contribution in [0.3, 0.4) is 0 Å². The second-order valence-electron chi connectivity index (χ2n) is 4.33. The molecule has 1 aliphatic rings. The van der Waals surface area contributed by atoms with Gasteiger partial charge in [-0.2, -0.15) is 0 Å². The maximum atomic E-state index is 9.15. The van der Waals surface area contributed by atoms with Gasteiger partial charge in [0.2, 0.25) is 0 Å². The summed E-state index contributed by atoms with van der Waals surface area (Å²) < 4.78 is 0. The van der Waals surface area contributed by atoms with E-state index in [-0.39, 0.29) is 6.61 Å². The van der Waals surface area contributed by atoms with Crippen molar-refractivity contribution in [2.24, 2.45) is 0 Å². The van der Waals surface area contributed by atoms with Gasteiger partial charge in [-0.25, -0.2) is 0 Å². The van der Waals surface area contributed by atoms with E-state index in [0.29, 0.717) is 12.6 Å². The van der Waals surface area contributed by atoms with Crippen LogP contribution in [0.2, 0.25) is 0 Å². The second-order valence-corrected chi connectivity index (χ2v) is 4.59. The van der Waals surface area contributed by atoms with Crippen LogP contribution in [0.25, 0.3) is 0 Å². The molecule has 0 heterocycles. The van der Waals surface area contributed by atoms with E-state index in [4.69, 9.17) is 16.7 Å². The molecule has 0 saturated heterocycles. The third kappa shape index (κ3) is 2.89. The Morgan fingerprint density at radius 2 is 2.24 bits per heavy atom. The first kappa shape index (κ1) is 12.6. The molecule has 92 valence electrons. The molecule has 1 unspecified atom stereocenters. The number of hydrogen-bond donors (Lipinski definition) is 1. The highest BCUT2D eigenvalue weighted by molar-refractivity contribution is 6.25. The zero-order valence-corrected chi connectivity index (χ0v) is 10.6. The Morgan fingerprint density at radius 1 is 1.41 bits per heavy atom. The van der Waals surface area contributed by atoms with Gasteiger partial charge >= 0.3 is 0 Å². The summed E-state index contributed by atoms with van der Waals surface area (Å²) in [7, 11) is 0. The Balaban J connectivity index is 2.15. The monoisotopic (exact) mass is 251 g/mol. The molecule has 0 amide bonds. The summed E-state index contributed by atoms with van der Waals surface area (Å²) in [5.41, 5.74) is 4.39. The summed E-state index contributed by atoms with van der Waals surface area (Å²) >= 11 is 5.58. The van der Waals surface area contributed by atoms with Crippen LogP contribution in [-0.2, 0) is 6.42 Å². The third-order valence-electron chi connectivity index (χ3n) is 3.36. The maximum Gasteiger partial charge on any atom is 0.0558 e. The Kier molecular flexibility index (Phi) is 4.60. The first-order valence-corrected chi connectivity index (χ1v) is 6.48. The lowest BCUT2D eigenvalue weighted by molar-refractivity contribution is 0.164. The molecule has 2 rings (SSSR count). The number of aliphatic hydroxyl groups excluding tert-OH is 1. The fourth-order valence-corrected chi connectivity index (χ4v) is 2.67.